The van der Waals surface area contributed by atoms with Crippen LogP contribution in [-0.2, 0) is 4.79 Å². The molecular weight excluding hydrogens is 238 g/mol. The summed E-state index contributed by atoms with van der Waals surface area (Å²) in [5, 5.41) is 0. The van der Waals surface area contributed by atoms with Gasteiger partial charge in [-0.15, -0.1) is 0 Å². The number of hydrogen-bond acceptors (Lipinski definition) is 3. The summed E-state index contributed by atoms with van der Waals surface area (Å²) in [6.07, 6.45) is 3.69. The van der Waals surface area contributed by atoms with Gasteiger partial charge in [0.1, 0.15) is 5.75 Å². The van der Waals surface area contributed by atoms with Crippen LogP contribution in [0.1, 0.15) is 44.6 Å². The topological polar surface area (TPSA) is 29.5 Å². The lowest BCUT2D eigenvalue weighted by atomic mass is 9.90. The Morgan fingerprint density at radius 1 is 1.47 bits per heavy atom. The lowest BCUT2D eigenvalue weighted by Gasteiger charge is -2.32. The van der Waals surface area contributed by atoms with Crippen LogP contribution in [0.15, 0.2) is 24.3 Å². The molecule has 3 heteroatoms. The average Bonchev–Trinajstić information content (AvgIpc) is 2.39. The Morgan fingerprint density at radius 3 is 3.05 bits per heavy atom. The van der Waals surface area contributed by atoms with Crippen molar-refractivity contribution in [3.05, 3.63) is 29.8 Å². The molecule has 1 aliphatic rings. The molecule has 0 bridgehead atoms. The number of hydrogen-bond donors (Lipinski definition) is 0. The van der Waals surface area contributed by atoms with Crippen molar-refractivity contribution in [2.75, 3.05) is 19.6 Å². The molecule has 0 saturated carbocycles. The standard InChI is InChI=1S/C16H23NO2/c1-3-9-17-10-5-7-15(12-17)14-6-4-8-16(11-14)19-13(2)18/h4,6,8,11,15H,3,5,7,9-10,12H2,1-2H3. The van der Waals surface area contributed by atoms with E-state index in [-0.39, 0.29) is 5.97 Å². The van der Waals surface area contributed by atoms with E-state index in [2.05, 4.69) is 17.9 Å². The lowest BCUT2D eigenvalue weighted by Crippen LogP contribution is -2.34. The fourth-order valence-electron chi connectivity index (χ4n) is 2.84. The van der Waals surface area contributed by atoms with Crippen LogP contribution in [0, 0.1) is 0 Å². The van der Waals surface area contributed by atoms with Crippen molar-refractivity contribution in [1.82, 2.24) is 4.90 Å². The average molecular weight is 261 g/mol. The molecule has 0 aliphatic carbocycles. The molecule has 0 N–H and O–H groups in total. The number of carbonyl (C=O) groups excluding carboxylic acids is 1. The van der Waals surface area contributed by atoms with Crippen molar-refractivity contribution in [2.45, 2.75) is 39.0 Å². The van der Waals surface area contributed by atoms with Gasteiger partial charge in [-0.25, -0.2) is 0 Å². The van der Waals surface area contributed by atoms with E-state index in [0.29, 0.717) is 11.7 Å². The Hall–Kier alpha value is -1.35. The summed E-state index contributed by atoms with van der Waals surface area (Å²) in [4.78, 5) is 13.5. The first kappa shape index (κ1) is 14.1. The molecule has 1 fully saturated rings. The maximum Gasteiger partial charge on any atom is 0.308 e. The minimum Gasteiger partial charge on any atom is -0.427 e. The van der Waals surface area contributed by atoms with Gasteiger partial charge in [0.15, 0.2) is 0 Å². The molecule has 1 aliphatic heterocycles. The minimum atomic E-state index is -0.256. The van der Waals surface area contributed by atoms with E-state index in [1.807, 2.05) is 18.2 Å². The minimum absolute atomic E-state index is 0.256. The highest BCUT2D eigenvalue weighted by atomic mass is 16.5. The second-order valence-electron chi connectivity index (χ2n) is 5.31. The molecule has 104 valence electrons. The van der Waals surface area contributed by atoms with Gasteiger partial charge in [-0.2, -0.15) is 0 Å². The van der Waals surface area contributed by atoms with Gasteiger partial charge in [-0.3, -0.25) is 4.79 Å². The molecule has 1 aromatic rings. The summed E-state index contributed by atoms with van der Waals surface area (Å²) in [5.74, 6) is 0.974. The number of rotatable bonds is 4. The molecule has 1 atom stereocenters. The van der Waals surface area contributed by atoms with E-state index in [1.165, 1.54) is 44.8 Å². The van der Waals surface area contributed by atoms with Crippen LogP contribution < -0.4 is 4.74 Å². The van der Waals surface area contributed by atoms with E-state index in [9.17, 15) is 4.79 Å². The fraction of sp³-hybridized carbons (Fsp3) is 0.562. The van der Waals surface area contributed by atoms with E-state index in [1.54, 1.807) is 0 Å². The largest absolute Gasteiger partial charge is 0.427 e. The summed E-state index contributed by atoms with van der Waals surface area (Å²) in [7, 11) is 0. The summed E-state index contributed by atoms with van der Waals surface area (Å²) in [5.41, 5.74) is 1.29. The molecule has 0 aromatic heterocycles. The first-order chi connectivity index (χ1) is 9.19. The van der Waals surface area contributed by atoms with Crippen LogP contribution in [0.25, 0.3) is 0 Å². The smallest absolute Gasteiger partial charge is 0.308 e. The van der Waals surface area contributed by atoms with Crippen molar-refractivity contribution >= 4 is 5.97 Å². The molecule has 0 spiro atoms. The van der Waals surface area contributed by atoms with Crippen LogP contribution in [0.3, 0.4) is 0 Å². The highest BCUT2D eigenvalue weighted by Gasteiger charge is 2.21. The third-order valence-corrected chi connectivity index (χ3v) is 3.64. The lowest BCUT2D eigenvalue weighted by molar-refractivity contribution is -0.131. The second-order valence-corrected chi connectivity index (χ2v) is 5.31. The zero-order valence-corrected chi connectivity index (χ0v) is 11.9. The first-order valence-corrected chi connectivity index (χ1v) is 7.19. The van der Waals surface area contributed by atoms with Crippen molar-refractivity contribution in [2.24, 2.45) is 0 Å². The van der Waals surface area contributed by atoms with Crippen molar-refractivity contribution in [1.29, 1.82) is 0 Å². The van der Waals surface area contributed by atoms with E-state index in [0.717, 1.165) is 6.54 Å². The number of carbonyl (C=O) groups is 1. The number of ether oxygens (including phenoxy) is 1. The molecule has 1 unspecified atom stereocenters. The number of benzene rings is 1. The van der Waals surface area contributed by atoms with Gasteiger partial charge in [-0.05, 0) is 56.0 Å². The summed E-state index contributed by atoms with van der Waals surface area (Å²) < 4.78 is 5.17. The van der Waals surface area contributed by atoms with Crippen LogP contribution in [0.5, 0.6) is 5.75 Å². The molecule has 1 aromatic carbocycles. The van der Waals surface area contributed by atoms with Crippen LogP contribution in [0.4, 0.5) is 0 Å². The number of nitrogens with zero attached hydrogens (tertiary/aromatic N) is 1. The molecule has 1 heterocycles. The van der Waals surface area contributed by atoms with Crippen molar-refractivity contribution < 1.29 is 9.53 Å². The predicted octanol–water partition coefficient (Wildman–Crippen LogP) is 3.20. The van der Waals surface area contributed by atoms with Gasteiger partial charge in [0.25, 0.3) is 0 Å². The fourth-order valence-corrected chi connectivity index (χ4v) is 2.84. The summed E-state index contributed by atoms with van der Waals surface area (Å²) in [6.45, 7) is 7.19. The van der Waals surface area contributed by atoms with E-state index >= 15 is 0 Å². The Balaban J connectivity index is 2.06. The zero-order chi connectivity index (χ0) is 13.7. The molecule has 2 rings (SSSR count). The molecule has 0 radical (unpaired) electrons. The van der Waals surface area contributed by atoms with Crippen molar-refractivity contribution in [3.63, 3.8) is 0 Å². The number of piperidine rings is 1. The Morgan fingerprint density at radius 2 is 2.32 bits per heavy atom. The highest BCUT2D eigenvalue weighted by molar-refractivity contribution is 5.69. The third kappa shape index (κ3) is 4.06. The molecule has 19 heavy (non-hydrogen) atoms. The van der Waals surface area contributed by atoms with Crippen LogP contribution in [0.2, 0.25) is 0 Å². The first-order valence-electron chi connectivity index (χ1n) is 7.19. The third-order valence-electron chi connectivity index (χ3n) is 3.64. The van der Waals surface area contributed by atoms with Gasteiger partial charge in [-0.1, -0.05) is 19.1 Å². The Bertz CT molecular complexity index is 429. The number of likely N-dealkylation sites (tertiary alicyclic amines) is 1. The highest BCUT2D eigenvalue weighted by Crippen LogP contribution is 2.29. The SMILES string of the molecule is CCCN1CCCC(c2cccc(OC(C)=O)c2)C1. The van der Waals surface area contributed by atoms with Gasteiger partial charge >= 0.3 is 5.97 Å². The zero-order valence-electron chi connectivity index (χ0n) is 11.9. The second kappa shape index (κ2) is 6.71. The molecule has 0 amide bonds. The van der Waals surface area contributed by atoms with Crippen molar-refractivity contribution in [3.8, 4) is 5.75 Å². The van der Waals surface area contributed by atoms with Gasteiger partial charge in [0, 0.05) is 13.5 Å². The monoisotopic (exact) mass is 261 g/mol. The van der Waals surface area contributed by atoms with Crippen LogP contribution in [-0.4, -0.2) is 30.5 Å². The normalized spacial score (nSPS) is 20.2. The summed E-state index contributed by atoms with van der Waals surface area (Å²) in [6, 6.07) is 7.98. The number of esters is 1. The maximum atomic E-state index is 11.0. The Kier molecular flexibility index (Phi) is 4.97. The summed E-state index contributed by atoms with van der Waals surface area (Å²) >= 11 is 0. The Labute approximate surface area is 115 Å². The molecular formula is C16H23NO2. The maximum absolute atomic E-state index is 11.0. The molecule has 3 nitrogen and oxygen atoms in total. The van der Waals surface area contributed by atoms with Gasteiger partial charge < -0.3 is 9.64 Å². The quantitative estimate of drug-likeness (QED) is 0.616. The van der Waals surface area contributed by atoms with Gasteiger partial charge in [0.05, 0.1) is 0 Å². The van der Waals surface area contributed by atoms with Gasteiger partial charge in [0.2, 0.25) is 0 Å². The van der Waals surface area contributed by atoms with Crippen LogP contribution >= 0.6 is 0 Å². The van der Waals surface area contributed by atoms with E-state index < -0.39 is 0 Å². The molecule has 1 saturated heterocycles. The van der Waals surface area contributed by atoms with E-state index in [4.69, 9.17) is 4.74 Å². The predicted molar refractivity (Wildman–Crippen MR) is 76.5 cm³/mol.